The molecule has 0 unspecified atom stereocenters. The molecule has 0 spiro atoms. The molecule has 0 radical (unpaired) electrons. The molecule has 4 nitrogen and oxygen atoms in total. The Labute approximate surface area is 123 Å². The van der Waals surface area contributed by atoms with Crippen molar-refractivity contribution in [2.75, 3.05) is 13.1 Å². The third-order valence-electron chi connectivity index (χ3n) is 2.11. The van der Waals surface area contributed by atoms with Gasteiger partial charge in [-0.3, -0.25) is 9.59 Å². The van der Waals surface area contributed by atoms with Crippen LogP contribution in [0.2, 0.25) is 0 Å². The normalized spacial score (nSPS) is 9.94. The number of nitrogens with one attached hydrogen (secondary N) is 2. The van der Waals surface area contributed by atoms with Crippen molar-refractivity contribution in [3.63, 3.8) is 0 Å². The van der Waals surface area contributed by atoms with Gasteiger partial charge in [-0.15, -0.1) is 0 Å². The van der Waals surface area contributed by atoms with E-state index in [4.69, 9.17) is 0 Å². The summed E-state index contributed by atoms with van der Waals surface area (Å²) < 4.78 is 1.61. The fourth-order valence-corrected chi connectivity index (χ4v) is 2.57. The molecule has 0 aliphatic rings. The monoisotopic (exact) mass is 376 g/mol. The smallest absolute Gasteiger partial charge is 0.251 e. The molecule has 0 saturated carbocycles. The van der Waals surface area contributed by atoms with Gasteiger partial charge in [0.2, 0.25) is 5.91 Å². The van der Waals surface area contributed by atoms with Crippen molar-refractivity contribution < 1.29 is 9.59 Å². The minimum Gasteiger partial charge on any atom is -0.355 e. The zero-order chi connectivity index (χ0) is 13.5. The van der Waals surface area contributed by atoms with Crippen LogP contribution in [-0.4, -0.2) is 24.9 Å². The number of halogens is 2. The average molecular weight is 378 g/mol. The van der Waals surface area contributed by atoms with Gasteiger partial charge in [-0.05, 0) is 24.6 Å². The molecule has 0 heterocycles. The maximum atomic E-state index is 11.8. The summed E-state index contributed by atoms with van der Waals surface area (Å²) in [6.07, 6.45) is 0.873. The summed E-state index contributed by atoms with van der Waals surface area (Å²) >= 11 is 6.61. The van der Waals surface area contributed by atoms with Crippen LogP contribution in [-0.2, 0) is 4.79 Å². The molecular formula is C12H14Br2N2O2. The third-order valence-corrected chi connectivity index (χ3v) is 3.02. The Kier molecular flexibility index (Phi) is 6.35. The van der Waals surface area contributed by atoms with E-state index < -0.39 is 0 Å². The van der Waals surface area contributed by atoms with Gasteiger partial charge in [0.15, 0.2) is 0 Å². The molecule has 0 atom stereocenters. The molecule has 18 heavy (non-hydrogen) atoms. The van der Waals surface area contributed by atoms with Gasteiger partial charge in [0.05, 0.1) is 6.54 Å². The first-order chi connectivity index (χ1) is 8.52. The number of rotatable bonds is 5. The molecule has 2 amide bonds. The van der Waals surface area contributed by atoms with Gasteiger partial charge in [-0.2, -0.15) is 0 Å². The summed E-state index contributed by atoms with van der Waals surface area (Å²) in [5.74, 6) is -0.456. The topological polar surface area (TPSA) is 58.2 Å². The van der Waals surface area contributed by atoms with E-state index in [-0.39, 0.29) is 18.4 Å². The zero-order valence-corrected chi connectivity index (χ0v) is 13.1. The molecule has 1 aromatic carbocycles. The standard InChI is InChI=1S/C12H14Br2N2O2/c1-2-3-15-11(17)7-16-12(18)8-4-9(13)6-10(14)5-8/h4-6H,2-3,7H2,1H3,(H,15,17)(H,16,18). The lowest BCUT2D eigenvalue weighted by molar-refractivity contribution is -0.120. The molecule has 6 heteroatoms. The van der Waals surface area contributed by atoms with Gasteiger partial charge in [0.25, 0.3) is 5.91 Å². The van der Waals surface area contributed by atoms with Gasteiger partial charge in [-0.25, -0.2) is 0 Å². The Morgan fingerprint density at radius 1 is 1.11 bits per heavy atom. The Hall–Kier alpha value is -0.880. The van der Waals surface area contributed by atoms with Crippen molar-refractivity contribution in [3.8, 4) is 0 Å². The van der Waals surface area contributed by atoms with Crippen LogP contribution < -0.4 is 10.6 Å². The fourth-order valence-electron chi connectivity index (χ4n) is 1.27. The first-order valence-electron chi connectivity index (χ1n) is 5.54. The Bertz CT molecular complexity index is 429. The largest absolute Gasteiger partial charge is 0.355 e. The summed E-state index contributed by atoms with van der Waals surface area (Å²) in [6.45, 7) is 2.58. The van der Waals surface area contributed by atoms with E-state index in [9.17, 15) is 9.59 Å². The molecule has 0 saturated heterocycles. The van der Waals surface area contributed by atoms with Crippen LogP contribution in [0.1, 0.15) is 23.7 Å². The lowest BCUT2D eigenvalue weighted by Crippen LogP contribution is -2.37. The predicted octanol–water partition coefficient (Wildman–Crippen LogP) is 2.47. The van der Waals surface area contributed by atoms with Crippen LogP contribution in [0, 0.1) is 0 Å². The van der Waals surface area contributed by atoms with E-state index in [2.05, 4.69) is 42.5 Å². The number of benzene rings is 1. The van der Waals surface area contributed by atoms with Gasteiger partial charge >= 0.3 is 0 Å². The second-order valence-corrected chi connectivity index (χ2v) is 5.52. The summed E-state index contributed by atoms with van der Waals surface area (Å²) in [5, 5.41) is 5.26. The Morgan fingerprint density at radius 2 is 1.72 bits per heavy atom. The third kappa shape index (κ3) is 5.18. The SMILES string of the molecule is CCCNC(=O)CNC(=O)c1cc(Br)cc(Br)c1. The van der Waals surface area contributed by atoms with E-state index in [0.717, 1.165) is 15.4 Å². The highest BCUT2D eigenvalue weighted by atomic mass is 79.9. The van der Waals surface area contributed by atoms with E-state index >= 15 is 0 Å². The lowest BCUT2D eigenvalue weighted by Gasteiger charge is -2.06. The molecule has 0 bridgehead atoms. The minimum absolute atomic E-state index is 0.0109. The summed E-state index contributed by atoms with van der Waals surface area (Å²) in [4.78, 5) is 23.1. The van der Waals surface area contributed by atoms with Crippen LogP contribution >= 0.6 is 31.9 Å². The molecule has 0 aromatic heterocycles. The maximum Gasteiger partial charge on any atom is 0.251 e. The second kappa shape index (κ2) is 7.53. The Balaban J connectivity index is 2.52. The number of carbonyl (C=O) groups is 2. The number of hydrogen-bond acceptors (Lipinski definition) is 2. The molecule has 0 aliphatic heterocycles. The first kappa shape index (κ1) is 15.2. The zero-order valence-electron chi connectivity index (χ0n) is 9.93. The summed E-state index contributed by atoms with van der Waals surface area (Å²) in [6, 6.07) is 5.23. The van der Waals surface area contributed by atoms with Gasteiger partial charge in [0, 0.05) is 21.1 Å². The molecule has 0 aliphatic carbocycles. The van der Waals surface area contributed by atoms with Crippen LogP contribution in [0.3, 0.4) is 0 Å². The van der Waals surface area contributed by atoms with E-state index in [1.807, 2.05) is 13.0 Å². The minimum atomic E-state index is -0.274. The van der Waals surface area contributed by atoms with Crippen molar-refractivity contribution in [2.45, 2.75) is 13.3 Å². The molecule has 98 valence electrons. The van der Waals surface area contributed by atoms with E-state index in [0.29, 0.717) is 12.1 Å². The van der Waals surface area contributed by atoms with Crippen LogP contribution in [0.25, 0.3) is 0 Å². The fraction of sp³-hybridized carbons (Fsp3) is 0.333. The predicted molar refractivity (Wildman–Crippen MR) is 77.5 cm³/mol. The highest BCUT2D eigenvalue weighted by Gasteiger charge is 2.09. The first-order valence-corrected chi connectivity index (χ1v) is 7.12. The van der Waals surface area contributed by atoms with Gasteiger partial charge in [0.1, 0.15) is 0 Å². The van der Waals surface area contributed by atoms with Crippen molar-refractivity contribution in [2.24, 2.45) is 0 Å². The molecule has 0 fully saturated rings. The quantitative estimate of drug-likeness (QED) is 0.828. The highest BCUT2D eigenvalue weighted by Crippen LogP contribution is 2.19. The van der Waals surface area contributed by atoms with Crippen LogP contribution in [0.5, 0.6) is 0 Å². The van der Waals surface area contributed by atoms with Crippen molar-refractivity contribution in [1.82, 2.24) is 10.6 Å². The van der Waals surface area contributed by atoms with Crippen molar-refractivity contribution >= 4 is 43.7 Å². The van der Waals surface area contributed by atoms with Gasteiger partial charge in [-0.1, -0.05) is 38.8 Å². The number of carbonyl (C=O) groups excluding carboxylic acids is 2. The molecule has 1 aromatic rings. The van der Waals surface area contributed by atoms with Crippen LogP contribution in [0.4, 0.5) is 0 Å². The Morgan fingerprint density at radius 3 is 2.28 bits per heavy atom. The summed E-state index contributed by atoms with van der Waals surface area (Å²) in [7, 11) is 0. The molecule has 2 N–H and O–H groups in total. The van der Waals surface area contributed by atoms with Crippen molar-refractivity contribution in [3.05, 3.63) is 32.7 Å². The van der Waals surface area contributed by atoms with Gasteiger partial charge < -0.3 is 10.6 Å². The average Bonchev–Trinajstić information content (AvgIpc) is 2.32. The maximum absolute atomic E-state index is 11.8. The van der Waals surface area contributed by atoms with E-state index in [1.165, 1.54) is 0 Å². The van der Waals surface area contributed by atoms with E-state index in [1.54, 1.807) is 12.1 Å². The highest BCUT2D eigenvalue weighted by molar-refractivity contribution is 9.11. The molecule has 1 rings (SSSR count). The number of hydrogen-bond donors (Lipinski definition) is 2. The number of amides is 2. The molecular weight excluding hydrogens is 364 g/mol. The second-order valence-electron chi connectivity index (χ2n) is 3.69. The van der Waals surface area contributed by atoms with Crippen LogP contribution in [0.15, 0.2) is 27.1 Å². The summed E-state index contributed by atoms with van der Waals surface area (Å²) in [5.41, 5.74) is 0.500. The van der Waals surface area contributed by atoms with Crippen molar-refractivity contribution in [1.29, 1.82) is 0 Å². The lowest BCUT2D eigenvalue weighted by atomic mass is 10.2.